The fourth-order valence-electron chi connectivity index (χ4n) is 1.89. The minimum absolute atomic E-state index is 0.169. The maximum Gasteiger partial charge on any atom is 0.242 e. The number of sulfonamides is 1. The Bertz CT molecular complexity index is 619. The van der Waals surface area contributed by atoms with E-state index in [9.17, 15) is 13.2 Å². The van der Waals surface area contributed by atoms with E-state index in [2.05, 4.69) is 10.6 Å². The molecule has 0 saturated carbocycles. The molecular weight excluding hydrogens is 318 g/mol. The van der Waals surface area contributed by atoms with Gasteiger partial charge in [0.15, 0.2) is 0 Å². The Morgan fingerprint density at radius 3 is 2.65 bits per heavy atom. The summed E-state index contributed by atoms with van der Waals surface area (Å²) < 4.78 is 28.9. The van der Waals surface area contributed by atoms with E-state index < -0.39 is 16.1 Å². The molecule has 130 valence electrons. The Labute approximate surface area is 138 Å². The number of carbonyl (C=O) groups excluding carboxylic acids is 1. The van der Waals surface area contributed by atoms with Crippen molar-refractivity contribution in [1.82, 2.24) is 9.62 Å². The summed E-state index contributed by atoms with van der Waals surface area (Å²) in [7, 11) is -0.166. The zero-order valence-electron chi connectivity index (χ0n) is 14.0. The van der Waals surface area contributed by atoms with Crippen LogP contribution in [0.15, 0.2) is 24.3 Å². The number of amides is 1. The zero-order valence-corrected chi connectivity index (χ0v) is 14.8. The van der Waals surface area contributed by atoms with E-state index in [4.69, 9.17) is 4.74 Å². The van der Waals surface area contributed by atoms with Crippen LogP contribution < -0.4 is 15.4 Å². The molecule has 0 unspecified atom stereocenters. The fourth-order valence-corrected chi connectivity index (χ4v) is 2.32. The minimum atomic E-state index is -3.23. The van der Waals surface area contributed by atoms with Crippen molar-refractivity contribution in [3.63, 3.8) is 0 Å². The zero-order chi connectivity index (χ0) is 17.5. The van der Waals surface area contributed by atoms with E-state index in [1.807, 2.05) is 31.2 Å². The Morgan fingerprint density at radius 2 is 2.09 bits per heavy atom. The molecule has 8 heteroatoms. The summed E-state index contributed by atoms with van der Waals surface area (Å²) in [5, 5.41) is 5.89. The van der Waals surface area contributed by atoms with Crippen molar-refractivity contribution in [3.8, 4) is 5.75 Å². The van der Waals surface area contributed by atoms with Gasteiger partial charge in [0.2, 0.25) is 15.9 Å². The minimum Gasteiger partial charge on any atom is -0.497 e. The molecule has 7 nitrogen and oxygen atoms in total. The molecule has 2 N–H and O–H groups in total. The summed E-state index contributed by atoms with van der Waals surface area (Å²) in [5.74, 6) is 0.539. The third-order valence-corrected chi connectivity index (χ3v) is 4.74. The standard InChI is InChI=1S/C15H25N3O4S/c1-5-14(17-12-7-6-8-13(11-12)22-3)15(19)16-9-10-18(2)23(4,20)21/h6-8,11,14,17H,5,9-10H2,1-4H3,(H,16,19)/t14-/m0/s1. The molecule has 0 saturated heterocycles. The molecule has 0 fully saturated rings. The molecule has 0 spiro atoms. The number of hydrogen-bond donors (Lipinski definition) is 2. The lowest BCUT2D eigenvalue weighted by molar-refractivity contribution is -0.121. The number of ether oxygens (including phenoxy) is 1. The van der Waals surface area contributed by atoms with Crippen LogP contribution >= 0.6 is 0 Å². The summed E-state index contributed by atoms with van der Waals surface area (Å²) in [6, 6.07) is 6.94. The molecule has 1 aromatic carbocycles. The second-order valence-corrected chi connectivity index (χ2v) is 7.30. The van der Waals surface area contributed by atoms with E-state index in [0.29, 0.717) is 12.2 Å². The molecule has 1 aromatic rings. The van der Waals surface area contributed by atoms with E-state index in [-0.39, 0.29) is 19.0 Å². The molecule has 1 atom stereocenters. The Kier molecular flexibility index (Phi) is 7.31. The second kappa shape index (κ2) is 8.73. The van der Waals surface area contributed by atoms with Crippen molar-refractivity contribution in [2.45, 2.75) is 19.4 Å². The molecule has 0 bridgehead atoms. The van der Waals surface area contributed by atoms with E-state index in [1.54, 1.807) is 7.11 Å². The van der Waals surface area contributed by atoms with Crippen molar-refractivity contribution in [2.24, 2.45) is 0 Å². The van der Waals surface area contributed by atoms with Crippen molar-refractivity contribution in [3.05, 3.63) is 24.3 Å². The van der Waals surface area contributed by atoms with E-state index in [1.165, 1.54) is 11.4 Å². The molecule has 0 radical (unpaired) electrons. The van der Waals surface area contributed by atoms with Gasteiger partial charge in [-0.15, -0.1) is 0 Å². The Balaban J connectivity index is 2.55. The quantitative estimate of drug-likeness (QED) is 0.695. The second-order valence-electron chi connectivity index (χ2n) is 5.21. The third-order valence-electron chi connectivity index (χ3n) is 3.43. The van der Waals surface area contributed by atoms with Crippen molar-refractivity contribution in [1.29, 1.82) is 0 Å². The van der Waals surface area contributed by atoms with Gasteiger partial charge in [-0.25, -0.2) is 12.7 Å². The van der Waals surface area contributed by atoms with Crippen LogP contribution in [0, 0.1) is 0 Å². The van der Waals surface area contributed by atoms with Crippen LogP contribution in [0.1, 0.15) is 13.3 Å². The van der Waals surface area contributed by atoms with Crippen LogP contribution in [0.5, 0.6) is 5.75 Å². The average Bonchev–Trinajstić information content (AvgIpc) is 2.51. The first kappa shape index (κ1) is 19.2. The average molecular weight is 343 g/mol. The highest BCUT2D eigenvalue weighted by atomic mass is 32.2. The number of anilines is 1. The molecule has 1 rings (SSSR count). The number of rotatable bonds is 9. The lowest BCUT2D eigenvalue weighted by atomic mass is 10.2. The molecule has 23 heavy (non-hydrogen) atoms. The number of nitrogens with one attached hydrogen (secondary N) is 2. The lowest BCUT2D eigenvalue weighted by Gasteiger charge is -2.19. The SMILES string of the molecule is CC[C@H](Nc1cccc(OC)c1)C(=O)NCCN(C)S(C)(=O)=O. The summed E-state index contributed by atoms with van der Waals surface area (Å²) in [6.07, 6.45) is 1.74. The largest absolute Gasteiger partial charge is 0.497 e. The van der Waals surface area contributed by atoms with Gasteiger partial charge in [0.1, 0.15) is 11.8 Å². The number of methoxy groups -OCH3 is 1. The maximum absolute atomic E-state index is 12.2. The first-order chi connectivity index (χ1) is 10.8. The van der Waals surface area contributed by atoms with Crippen LogP contribution in [0.2, 0.25) is 0 Å². The van der Waals surface area contributed by atoms with E-state index >= 15 is 0 Å². The normalized spacial score (nSPS) is 12.7. The Morgan fingerprint density at radius 1 is 1.39 bits per heavy atom. The van der Waals surface area contributed by atoms with Crippen LogP contribution in [0.3, 0.4) is 0 Å². The van der Waals surface area contributed by atoms with Crippen LogP contribution in [0.25, 0.3) is 0 Å². The number of benzene rings is 1. The maximum atomic E-state index is 12.2. The summed E-state index contributed by atoms with van der Waals surface area (Å²) in [6.45, 7) is 2.40. The molecule has 0 aliphatic heterocycles. The molecular formula is C15H25N3O4S. The summed E-state index contributed by atoms with van der Waals surface area (Å²) in [5.41, 5.74) is 0.791. The van der Waals surface area contributed by atoms with Crippen molar-refractivity contribution in [2.75, 3.05) is 38.8 Å². The first-order valence-electron chi connectivity index (χ1n) is 7.37. The number of carbonyl (C=O) groups is 1. The smallest absolute Gasteiger partial charge is 0.242 e. The highest BCUT2D eigenvalue weighted by molar-refractivity contribution is 7.88. The van der Waals surface area contributed by atoms with Gasteiger partial charge in [-0.05, 0) is 18.6 Å². The Hall–Kier alpha value is -1.80. The summed E-state index contributed by atoms with van der Waals surface area (Å²) in [4.78, 5) is 12.2. The van der Waals surface area contributed by atoms with Crippen LogP contribution in [0.4, 0.5) is 5.69 Å². The van der Waals surface area contributed by atoms with Gasteiger partial charge in [-0.3, -0.25) is 4.79 Å². The first-order valence-corrected chi connectivity index (χ1v) is 9.22. The number of nitrogens with zero attached hydrogens (tertiary/aromatic N) is 1. The molecule has 0 aromatic heterocycles. The highest BCUT2D eigenvalue weighted by Crippen LogP contribution is 2.18. The van der Waals surface area contributed by atoms with Crippen molar-refractivity contribution < 1.29 is 17.9 Å². The summed E-state index contributed by atoms with van der Waals surface area (Å²) >= 11 is 0. The monoisotopic (exact) mass is 343 g/mol. The van der Waals surface area contributed by atoms with Gasteiger partial charge in [-0.2, -0.15) is 0 Å². The van der Waals surface area contributed by atoms with Gasteiger partial charge in [0.05, 0.1) is 13.4 Å². The number of likely N-dealkylation sites (N-methyl/N-ethyl adjacent to an activating group) is 1. The van der Waals surface area contributed by atoms with Gasteiger partial charge in [0.25, 0.3) is 0 Å². The fraction of sp³-hybridized carbons (Fsp3) is 0.533. The predicted molar refractivity (Wildman–Crippen MR) is 91.2 cm³/mol. The van der Waals surface area contributed by atoms with Gasteiger partial charge >= 0.3 is 0 Å². The topological polar surface area (TPSA) is 87.7 Å². The van der Waals surface area contributed by atoms with Crippen LogP contribution in [-0.4, -0.2) is 58.2 Å². The highest BCUT2D eigenvalue weighted by Gasteiger charge is 2.17. The van der Waals surface area contributed by atoms with Gasteiger partial charge < -0.3 is 15.4 Å². The molecule has 0 aliphatic carbocycles. The van der Waals surface area contributed by atoms with Gasteiger partial charge in [0, 0.05) is 31.9 Å². The molecule has 0 heterocycles. The lowest BCUT2D eigenvalue weighted by Crippen LogP contribution is -2.42. The number of hydrogen-bond acceptors (Lipinski definition) is 5. The van der Waals surface area contributed by atoms with Gasteiger partial charge in [-0.1, -0.05) is 13.0 Å². The van der Waals surface area contributed by atoms with Crippen LogP contribution in [-0.2, 0) is 14.8 Å². The predicted octanol–water partition coefficient (Wildman–Crippen LogP) is 0.893. The molecule has 1 amide bonds. The van der Waals surface area contributed by atoms with Crippen molar-refractivity contribution >= 4 is 21.6 Å². The molecule has 0 aliphatic rings. The third kappa shape index (κ3) is 6.45. The van der Waals surface area contributed by atoms with E-state index in [0.717, 1.165) is 11.9 Å².